The second-order valence-corrected chi connectivity index (χ2v) is 8.85. The van der Waals surface area contributed by atoms with E-state index in [2.05, 4.69) is 97.0 Å². The molecule has 2 rings (SSSR count). The Labute approximate surface area is 143 Å². The highest BCUT2D eigenvalue weighted by atomic mass is 14.3. The summed E-state index contributed by atoms with van der Waals surface area (Å²) in [4.78, 5) is 0. The van der Waals surface area contributed by atoms with Gasteiger partial charge in [-0.2, -0.15) is 0 Å². The van der Waals surface area contributed by atoms with Gasteiger partial charge in [-0.25, -0.2) is 0 Å². The van der Waals surface area contributed by atoms with Gasteiger partial charge in [0.2, 0.25) is 0 Å². The van der Waals surface area contributed by atoms with Crippen molar-refractivity contribution in [2.75, 3.05) is 0 Å². The quantitative estimate of drug-likeness (QED) is 0.597. The van der Waals surface area contributed by atoms with E-state index in [1.54, 1.807) is 5.56 Å². The van der Waals surface area contributed by atoms with Gasteiger partial charge in [0, 0.05) is 0 Å². The lowest BCUT2D eigenvalue weighted by Crippen LogP contribution is -2.22. The van der Waals surface area contributed by atoms with E-state index in [1.165, 1.54) is 16.7 Å². The van der Waals surface area contributed by atoms with Gasteiger partial charge in [-0.3, -0.25) is 0 Å². The number of hydrogen-bond donors (Lipinski definition) is 0. The molecule has 0 fully saturated rings. The first-order valence-electron chi connectivity index (χ1n) is 8.78. The van der Waals surface area contributed by atoms with Crippen molar-refractivity contribution in [2.24, 2.45) is 0 Å². The number of hydrogen-bond acceptors (Lipinski definition) is 0. The minimum Gasteiger partial charge on any atom is -0.0622 e. The van der Waals surface area contributed by atoms with Crippen LogP contribution in [0.15, 0.2) is 48.5 Å². The van der Waals surface area contributed by atoms with Gasteiger partial charge in [0.25, 0.3) is 0 Å². The molecule has 0 bridgehead atoms. The van der Waals surface area contributed by atoms with E-state index < -0.39 is 0 Å². The van der Waals surface area contributed by atoms with Crippen LogP contribution in [0.2, 0.25) is 0 Å². The Balaban J connectivity index is 2.50. The van der Waals surface area contributed by atoms with Crippen LogP contribution < -0.4 is 0 Å². The van der Waals surface area contributed by atoms with Crippen LogP contribution in [-0.2, 0) is 17.3 Å². The third-order valence-corrected chi connectivity index (χ3v) is 4.67. The van der Waals surface area contributed by atoms with E-state index in [-0.39, 0.29) is 10.8 Å². The Morgan fingerprint density at radius 3 is 1.61 bits per heavy atom. The van der Waals surface area contributed by atoms with Crippen LogP contribution in [0.4, 0.5) is 0 Å². The Bertz CT molecular complexity index is 604. The van der Waals surface area contributed by atoms with Gasteiger partial charge in [0.05, 0.1) is 0 Å². The molecule has 0 aliphatic carbocycles. The minimum absolute atomic E-state index is 0.174. The summed E-state index contributed by atoms with van der Waals surface area (Å²) in [5, 5.41) is 0. The maximum Gasteiger partial charge on any atom is -0.0129 e. The molecule has 2 aromatic rings. The van der Waals surface area contributed by atoms with Crippen LogP contribution in [0.3, 0.4) is 0 Å². The molecule has 0 N–H and O–H groups in total. The number of benzene rings is 2. The van der Waals surface area contributed by atoms with E-state index in [0.717, 1.165) is 6.42 Å². The largest absolute Gasteiger partial charge is 0.0622 e. The Morgan fingerprint density at radius 2 is 1.17 bits per heavy atom. The van der Waals surface area contributed by atoms with E-state index in [0.29, 0.717) is 5.92 Å². The first-order valence-corrected chi connectivity index (χ1v) is 8.78. The van der Waals surface area contributed by atoms with Gasteiger partial charge in [-0.1, -0.05) is 97.0 Å². The van der Waals surface area contributed by atoms with E-state index in [4.69, 9.17) is 0 Å². The minimum atomic E-state index is 0.174. The summed E-state index contributed by atoms with van der Waals surface area (Å²) >= 11 is 0. The van der Waals surface area contributed by atoms with Crippen molar-refractivity contribution in [1.29, 1.82) is 0 Å². The molecular formula is C23H32. The van der Waals surface area contributed by atoms with Crippen LogP contribution >= 0.6 is 0 Å². The first-order chi connectivity index (χ1) is 10.6. The molecule has 1 unspecified atom stereocenters. The van der Waals surface area contributed by atoms with Gasteiger partial charge >= 0.3 is 0 Å². The fourth-order valence-corrected chi connectivity index (χ4v) is 3.42. The zero-order valence-corrected chi connectivity index (χ0v) is 15.9. The molecule has 0 heterocycles. The second-order valence-electron chi connectivity index (χ2n) is 8.85. The van der Waals surface area contributed by atoms with Crippen molar-refractivity contribution >= 4 is 0 Å². The molecule has 0 nitrogen and oxygen atoms in total. The molecule has 124 valence electrons. The highest BCUT2D eigenvalue weighted by molar-refractivity contribution is 5.43. The third-order valence-electron chi connectivity index (χ3n) is 4.67. The maximum atomic E-state index is 2.35. The molecule has 0 aliphatic rings. The summed E-state index contributed by atoms with van der Waals surface area (Å²) in [7, 11) is 0. The molecule has 0 heteroatoms. The molecule has 0 saturated carbocycles. The van der Waals surface area contributed by atoms with Gasteiger partial charge in [0.1, 0.15) is 0 Å². The molecule has 0 saturated heterocycles. The Morgan fingerprint density at radius 1 is 0.696 bits per heavy atom. The molecule has 0 spiro atoms. The standard InChI is InChI=1S/C23H32/c1-17(18-12-9-8-10-13-18)16-19-20(22(2,3)4)14-11-15-21(19)23(5,6)7/h8-15,17H,16H2,1-7H3. The summed E-state index contributed by atoms with van der Waals surface area (Å²) in [5.74, 6) is 0.529. The van der Waals surface area contributed by atoms with Gasteiger partial charge in [0.15, 0.2) is 0 Å². The predicted octanol–water partition coefficient (Wildman–Crippen LogP) is 6.63. The fraction of sp³-hybridized carbons (Fsp3) is 0.478. The molecule has 2 aromatic carbocycles. The van der Waals surface area contributed by atoms with Gasteiger partial charge < -0.3 is 0 Å². The van der Waals surface area contributed by atoms with E-state index in [1.807, 2.05) is 0 Å². The third kappa shape index (κ3) is 4.25. The molecule has 23 heavy (non-hydrogen) atoms. The van der Waals surface area contributed by atoms with E-state index in [9.17, 15) is 0 Å². The van der Waals surface area contributed by atoms with Crippen LogP contribution in [0, 0.1) is 0 Å². The zero-order valence-electron chi connectivity index (χ0n) is 15.9. The monoisotopic (exact) mass is 308 g/mol. The molecule has 0 aliphatic heterocycles. The first kappa shape index (κ1) is 17.8. The van der Waals surface area contributed by atoms with Crippen molar-refractivity contribution in [3.8, 4) is 0 Å². The highest BCUT2D eigenvalue weighted by Gasteiger charge is 2.26. The van der Waals surface area contributed by atoms with Crippen LogP contribution in [0.1, 0.15) is 76.6 Å². The average molecular weight is 309 g/mol. The lowest BCUT2D eigenvalue weighted by Gasteiger charge is -2.31. The predicted molar refractivity (Wildman–Crippen MR) is 102 cm³/mol. The Kier molecular flexibility index (Phi) is 5.04. The number of rotatable bonds is 3. The smallest absolute Gasteiger partial charge is 0.0129 e. The van der Waals surface area contributed by atoms with Crippen molar-refractivity contribution in [3.05, 3.63) is 70.8 Å². The Hall–Kier alpha value is -1.56. The molecule has 0 amide bonds. The lowest BCUT2D eigenvalue weighted by atomic mass is 9.74. The summed E-state index contributed by atoms with van der Waals surface area (Å²) in [6, 6.07) is 17.8. The lowest BCUT2D eigenvalue weighted by molar-refractivity contribution is 0.548. The van der Waals surface area contributed by atoms with Crippen molar-refractivity contribution in [3.63, 3.8) is 0 Å². The molecule has 0 radical (unpaired) electrons. The SMILES string of the molecule is CC(Cc1c(C(C)(C)C)cccc1C(C)(C)C)c1ccccc1. The summed E-state index contributed by atoms with van der Waals surface area (Å²) < 4.78 is 0. The van der Waals surface area contributed by atoms with Gasteiger partial charge in [-0.05, 0) is 45.4 Å². The van der Waals surface area contributed by atoms with Crippen LogP contribution in [0.5, 0.6) is 0 Å². The molecular weight excluding hydrogens is 276 g/mol. The molecule has 0 aromatic heterocycles. The highest BCUT2D eigenvalue weighted by Crippen LogP contribution is 2.36. The van der Waals surface area contributed by atoms with Crippen molar-refractivity contribution < 1.29 is 0 Å². The van der Waals surface area contributed by atoms with Crippen LogP contribution in [-0.4, -0.2) is 0 Å². The van der Waals surface area contributed by atoms with Gasteiger partial charge in [-0.15, -0.1) is 0 Å². The van der Waals surface area contributed by atoms with E-state index >= 15 is 0 Å². The summed E-state index contributed by atoms with van der Waals surface area (Å²) in [6.07, 6.45) is 1.10. The molecule has 1 atom stereocenters. The van der Waals surface area contributed by atoms with Crippen LogP contribution in [0.25, 0.3) is 0 Å². The zero-order chi connectivity index (χ0) is 17.3. The maximum absolute atomic E-state index is 2.35. The fourth-order valence-electron chi connectivity index (χ4n) is 3.42. The van der Waals surface area contributed by atoms with Crippen molar-refractivity contribution in [2.45, 2.75) is 71.6 Å². The normalized spacial score (nSPS) is 13.9. The second kappa shape index (κ2) is 6.51. The summed E-state index contributed by atoms with van der Waals surface area (Å²) in [5.41, 5.74) is 6.31. The summed E-state index contributed by atoms with van der Waals surface area (Å²) in [6.45, 7) is 16.3. The van der Waals surface area contributed by atoms with Crippen molar-refractivity contribution in [1.82, 2.24) is 0 Å². The average Bonchev–Trinajstić information content (AvgIpc) is 2.46. The topological polar surface area (TPSA) is 0 Å².